The van der Waals surface area contributed by atoms with Crippen LogP contribution in [0.15, 0.2) is 34.3 Å². The van der Waals surface area contributed by atoms with Gasteiger partial charge in [0.1, 0.15) is 0 Å². The topological polar surface area (TPSA) is 20.2 Å². The van der Waals surface area contributed by atoms with E-state index >= 15 is 0 Å². The van der Waals surface area contributed by atoms with Crippen LogP contribution in [0.4, 0.5) is 0 Å². The van der Waals surface area contributed by atoms with Crippen LogP contribution in [0.1, 0.15) is 19.4 Å². The summed E-state index contributed by atoms with van der Waals surface area (Å²) >= 11 is 3.45. The summed E-state index contributed by atoms with van der Waals surface area (Å²) in [5.41, 5.74) is 2.06. The van der Waals surface area contributed by atoms with Gasteiger partial charge in [-0.3, -0.25) is 0 Å². The molecule has 0 aliphatic carbocycles. The maximum absolute atomic E-state index is 9.29. The predicted octanol–water partition coefficient (Wildman–Crippen LogP) is 3.23. The molecule has 13 heavy (non-hydrogen) atoms. The molecule has 1 nitrogen and oxygen atoms in total. The molecule has 1 aromatic rings. The Bertz CT molecular complexity index is 316. The molecule has 0 saturated heterocycles. The number of hydrogen-bond donors (Lipinski definition) is 1. The molecule has 70 valence electrons. The van der Waals surface area contributed by atoms with Gasteiger partial charge in [-0.25, -0.2) is 0 Å². The Morgan fingerprint density at radius 1 is 1.46 bits per heavy atom. The Morgan fingerprint density at radius 2 is 2.08 bits per heavy atom. The van der Waals surface area contributed by atoms with Crippen LogP contribution in [0, 0.1) is 0 Å². The highest BCUT2D eigenvalue weighted by atomic mass is 79.9. The Hall–Kier alpha value is -0.600. The molecular formula is C11H13BrO. The van der Waals surface area contributed by atoms with Crippen LogP contribution < -0.4 is 0 Å². The summed E-state index contributed by atoms with van der Waals surface area (Å²) in [7, 11) is 0. The van der Waals surface area contributed by atoms with E-state index in [4.69, 9.17) is 0 Å². The second-order valence-corrected chi connectivity index (χ2v) is 3.94. The van der Waals surface area contributed by atoms with Crippen molar-refractivity contribution in [2.24, 2.45) is 0 Å². The molecule has 0 aliphatic heterocycles. The highest BCUT2D eigenvalue weighted by Crippen LogP contribution is 2.19. The molecule has 0 aromatic heterocycles. The molecule has 0 aliphatic rings. The van der Waals surface area contributed by atoms with Crippen LogP contribution in [0.2, 0.25) is 0 Å². The first-order valence-electron chi connectivity index (χ1n) is 4.22. The maximum Gasteiger partial charge on any atom is 0.0722 e. The summed E-state index contributed by atoms with van der Waals surface area (Å²) in [5, 5.41) is 9.29. The van der Waals surface area contributed by atoms with Crippen LogP contribution in [-0.2, 0) is 0 Å². The standard InChI is InChI=1S/C11H13BrO/c1-8(9(2)13)7-10-5-3-4-6-11(10)12/h3-7,9,13H,1-2H3/b8-7+. The minimum atomic E-state index is -0.382. The third kappa shape index (κ3) is 2.98. The maximum atomic E-state index is 9.29. The quantitative estimate of drug-likeness (QED) is 0.842. The fraction of sp³-hybridized carbons (Fsp3) is 0.273. The van der Waals surface area contributed by atoms with E-state index in [0.717, 1.165) is 15.6 Å². The number of rotatable bonds is 2. The van der Waals surface area contributed by atoms with Crippen LogP contribution in [0.25, 0.3) is 6.08 Å². The zero-order chi connectivity index (χ0) is 9.84. The summed E-state index contributed by atoms with van der Waals surface area (Å²) in [5.74, 6) is 0. The Balaban J connectivity index is 2.97. The van der Waals surface area contributed by atoms with E-state index in [1.807, 2.05) is 37.3 Å². The number of benzene rings is 1. The monoisotopic (exact) mass is 240 g/mol. The summed E-state index contributed by atoms with van der Waals surface area (Å²) in [6, 6.07) is 7.95. The van der Waals surface area contributed by atoms with E-state index in [-0.39, 0.29) is 6.10 Å². The van der Waals surface area contributed by atoms with Gasteiger partial charge in [-0.05, 0) is 31.1 Å². The molecule has 1 atom stereocenters. The van der Waals surface area contributed by atoms with Crippen molar-refractivity contribution >= 4 is 22.0 Å². The highest BCUT2D eigenvalue weighted by molar-refractivity contribution is 9.10. The molecule has 0 saturated carbocycles. The van der Waals surface area contributed by atoms with E-state index in [1.165, 1.54) is 0 Å². The molecular weight excluding hydrogens is 228 g/mol. The van der Waals surface area contributed by atoms with Gasteiger partial charge >= 0.3 is 0 Å². The van der Waals surface area contributed by atoms with Gasteiger partial charge < -0.3 is 5.11 Å². The molecule has 0 heterocycles. The molecule has 0 radical (unpaired) electrons. The minimum Gasteiger partial charge on any atom is -0.389 e. The average Bonchev–Trinajstić information content (AvgIpc) is 2.08. The summed E-state index contributed by atoms with van der Waals surface area (Å²) in [4.78, 5) is 0. The van der Waals surface area contributed by atoms with Gasteiger partial charge in [0.05, 0.1) is 6.10 Å². The fourth-order valence-electron chi connectivity index (χ4n) is 0.958. The summed E-state index contributed by atoms with van der Waals surface area (Å²) in [6.07, 6.45) is 1.60. The Labute approximate surface area is 87.2 Å². The van der Waals surface area contributed by atoms with Crippen molar-refractivity contribution in [1.82, 2.24) is 0 Å². The van der Waals surface area contributed by atoms with Crippen molar-refractivity contribution < 1.29 is 5.11 Å². The van der Waals surface area contributed by atoms with Gasteiger partial charge in [0.2, 0.25) is 0 Å². The number of halogens is 1. The molecule has 0 amide bonds. The van der Waals surface area contributed by atoms with Gasteiger partial charge in [-0.2, -0.15) is 0 Å². The van der Waals surface area contributed by atoms with Crippen molar-refractivity contribution in [1.29, 1.82) is 0 Å². The lowest BCUT2D eigenvalue weighted by molar-refractivity contribution is 0.232. The van der Waals surface area contributed by atoms with Crippen LogP contribution in [0.5, 0.6) is 0 Å². The molecule has 0 bridgehead atoms. The highest BCUT2D eigenvalue weighted by Gasteiger charge is 1.99. The van der Waals surface area contributed by atoms with Crippen molar-refractivity contribution in [2.45, 2.75) is 20.0 Å². The molecule has 1 rings (SSSR count). The zero-order valence-electron chi connectivity index (χ0n) is 7.79. The molecule has 1 aromatic carbocycles. The smallest absolute Gasteiger partial charge is 0.0722 e. The second kappa shape index (κ2) is 4.58. The summed E-state index contributed by atoms with van der Waals surface area (Å²) < 4.78 is 1.05. The van der Waals surface area contributed by atoms with E-state index in [1.54, 1.807) is 6.92 Å². The molecule has 0 spiro atoms. The van der Waals surface area contributed by atoms with E-state index < -0.39 is 0 Å². The molecule has 2 heteroatoms. The minimum absolute atomic E-state index is 0.382. The third-order valence-electron chi connectivity index (χ3n) is 1.95. The molecule has 1 N–H and O–H groups in total. The predicted molar refractivity (Wildman–Crippen MR) is 59.5 cm³/mol. The lowest BCUT2D eigenvalue weighted by Crippen LogP contribution is -2.00. The van der Waals surface area contributed by atoms with Crippen LogP contribution in [0.3, 0.4) is 0 Å². The zero-order valence-corrected chi connectivity index (χ0v) is 9.38. The molecule has 1 unspecified atom stereocenters. The third-order valence-corrected chi connectivity index (χ3v) is 2.67. The van der Waals surface area contributed by atoms with Gasteiger partial charge in [-0.15, -0.1) is 0 Å². The first-order valence-corrected chi connectivity index (χ1v) is 5.01. The van der Waals surface area contributed by atoms with Crippen molar-refractivity contribution in [2.75, 3.05) is 0 Å². The Kier molecular flexibility index (Phi) is 3.70. The largest absolute Gasteiger partial charge is 0.389 e. The van der Waals surface area contributed by atoms with Crippen molar-refractivity contribution in [3.8, 4) is 0 Å². The number of aliphatic hydroxyl groups is 1. The van der Waals surface area contributed by atoms with Gasteiger partial charge in [-0.1, -0.05) is 40.2 Å². The average molecular weight is 241 g/mol. The second-order valence-electron chi connectivity index (χ2n) is 3.09. The lowest BCUT2D eigenvalue weighted by Gasteiger charge is -2.05. The first-order chi connectivity index (χ1) is 6.11. The van der Waals surface area contributed by atoms with Crippen molar-refractivity contribution in [3.63, 3.8) is 0 Å². The van der Waals surface area contributed by atoms with Gasteiger partial charge in [0.15, 0.2) is 0 Å². The van der Waals surface area contributed by atoms with Gasteiger partial charge in [0, 0.05) is 4.47 Å². The van der Waals surface area contributed by atoms with Crippen LogP contribution >= 0.6 is 15.9 Å². The van der Waals surface area contributed by atoms with E-state index in [9.17, 15) is 5.11 Å². The Morgan fingerprint density at radius 3 is 2.62 bits per heavy atom. The summed E-state index contributed by atoms with van der Waals surface area (Å²) in [6.45, 7) is 3.69. The number of aliphatic hydroxyl groups excluding tert-OH is 1. The lowest BCUT2D eigenvalue weighted by atomic mass is 10.1. The van der Waals surface area contributed by atoms with Gasteiger partial charge in [0.25, 0.3) is 0 Å². The van der Waals surface area contributed by atoms with E-state index in [0.29, 0.717) is 0 Å². The van der Waals surface area contributed by atoms with Crippen LogP contribution in [-0.4, -0.2) is 11.2 Å². The SMILES string of the molecule is C/C(=C\c1ccccc1Br)C(C)O. The van der Waals surface area contributed by atoms with E-state index in [2.05, 4.69) is 15.9 Å². The first kappa shape index (κ1) is 10.5. The fourth-order valence-corrected chi connectivity index (χ4v) is 1.36. The number of hydrogen-bond acceptors (Lipinski definition) is 1. The molecule has 0 fully saturated rings. The normalized spacial score (nSPS) is 14.3. The van der Waals surface area contributed by atoms with Crippen molar-refractivity contribution in [3.05, 3.63) is 39.9 Å².